The summed E-state index contributed by atoms with van der Waals surface area (Å²) in [5.41, 5.74) is -1.15. The molecule has 0 spiro atoms. The van der Waals surface area contributed by atoms with Crippen LogP contribution < -0.4 is 10.3 Å². The third-order valence-corrected chi connectivity index (χ3v) is 7.03. The number of halogens is 5. The van der Waals surface area contributed by atoms with Gasteiger partial charge in [0, 0.05) is 30.7 Å². The van der Waals surface area contributed by atoms with Crippen molar-refractivity contribution in [3.63, 3.8) is 0 Å². The molecule has 8 nitrogen and oxygen atoms in total. The fraction of sp³-hybridized carbons (Fsp3) is 0.217. The van der Waals surface area contributed by atoms with Gasteiger partial charge < -0.3 is 9.30 Å². The van der Waals surface area contributed by atoms with E-state index in [2.05, 4.69) is 15.0 Å². The van der Waals surface area contributed by atoms with Crippen LogP contribution in [-0.4, -0.2) is 45.8 Å². The monoisotopic (exact) mass is 540 g/mol. The van der Waals surface area contributed by atoms with Crippen molar-refractivity contribution in [2.24, 2.45) is 0 Å². The lowest BCUT2D eigenvalue weighted by molar-refractivity contribution is -0.287. The molecule has 194 valence electrons. The van der Waals surface area contributed by atoms with Crippen molar-refractivity contribution in [1.29, 1.82) is 0 Å². The van der Waals surface area contributed by atoms with Crippen LogP contribution >= 0.6 is 0 Å². The van der Waals surface area contributed by atoms with Gasteiger partial charge in [-0.1, -0.05) is 13.0 Å². The van der Waals surface area contributed by atoms with Crippen LogP contribution in [0, 0.1) is 0 Å². The molecule has 0 radical (unpaired) electrons. The summed E-state index contributed by atoms with van der Waals surface area (Å²) in [5.74, 6) is -5.11. The second-order valence-electron chi connectivity index (χ2n) is 7.80. The maximum absolute atomic E-state index is 13.5. The molecule has 0 aliphatic carbocycles. The van der Waals surface area contributed by atoms with Gasteiger partial charge in [0.2, 0.25) is 5.88 Å². The Bertz CT molecular complexity index is 1620. The summed E-state index contributed by atoms with van der Waals surface area (Å²) in [6.45, 7) is -0.469. The Hall–Kier alpha value is -3.94. The highest BCUT2D eigenvalue weighted by Crippen LogP contribution is 2.36. The lowest BCUT2D eigenvalue weighted by atomic mass is 10.1. The lowest BCUT2D eigenvalue weighted by Gasteiger charge is -2.20. The van der Waals surface area contributed by atoms with E-state index in [9.17, 15) is 35.2 Å². The van der Waals surface area contributed by atoms with Gasteiger partial charge in [0.1, 0.15) is 11.4 Å². The van der Waals surface area contributed by atoms with Crippen molar-refractivity contribution in [1.82, 2.24) is 19.5 Å². The van der Waals surface area contributed by atoms with E-state index in [1.807, 2.05) is 0 Å². The first kappa shape index (κ1) is 26.1. The van der Waals surface area contributed by atoms with Crippen molar-refractivity contribution < 1.29 is 35.1 Å². The Balaban J connectivity index is 1.77. The Kier molecular flexibility index (Phi) is 6.71. The highest BCUT2D eigenvalue weighted by molar-refractivity contribution is 7.91. The van der Waals surface area contributed by atoms with E-state index in [1.54, 1.807) is 18.2 Å². The highest BCUT2D eigenvalue weighted by atomic mass is 32.2. The maximum Gasteiger partial charge on any atom is 0.455 e. The van der Waals surface area contributed by atoms with E-state index in [0.717, 1.165) is 18.5 Å². The number of rotatable bonds is 7. The SMILES string of the molecule is CCS(=O)(=O)c1cc(Oc2ccccn2)cnc1-c1cc2ccn(CC(F)(F)C(F)(F)F)c(=O)c2cn1. The molecule has 0 aromatic carbocycles. The molecule has 0 aliphatic heterocycles. The molecule has 0 aliphatic rings. The van der Waals surface area contributed by atoms with Crippen LogP contribution in [0.3, 0.4) is 0 Å². The minimum atomic E-state index is -5.83. The van der Waals surface area contributed by atoms with Crippen LogP contribution in [0.15, 0.2) is 70.9 Å². The normalized spacial score (nSPS) is 12.6. The van der Waals surface area contributed by atoms with Crippen LogP contribution in [0.5, 0.6) is 11.6 Å². The summed E-state index contributed by atoms with van der Waals surface area (Å²) in [6.07, 6.45) is -1.32. The summed E-state index contributed by atoms with van der Waals surface area (Å²) < 4.78 is 96.1. The second kappa shape index (κ2) is 9.50. The summed E-state index contributed by atoms with van der Waals surface area (Å²) in [7, 11) is -3.85. The summed E-state index contributed by atoms with van der Waals surface area (Å²) >= 11 is 0. The number of pyridine rings is 4. The molecule has 0 amide bonds. The minimum Gasteiger partial charge on any atom is -0.437 e. The molecule has 0 atom stereocenters. The van der Waals surface area contributed by atoms with Crippen molar-refractivity contribution >= 4 is 20.6 Å². The fourth-order valence-corrected chi connectivity index (χ4v) is 4.39. The molecular formula is C23H17F5N4O4S. The zero-order chi connectivity index (χ0) is 27.0. The molecule has 4 aromatic rings. The predicted molar refractivity (Wildman–Crippen MR) is 122 cm³/mol. The predicted octanol–water partition coefficient (Wildman–Crippen LogP) is 4.64. The quantitative estimate of drug-likeness (QED) is 0.315. The number of alkyl halides is 5. The second-order valence-corrected chi connectivity index (χ2v) is 10.0. The van der Waals surface area contributed by atoms with Crippen LogP contribution in [0.1, 0.15) is 6.92 Å². The smallest absolute Gasteiger partial charge is 0.437 e. The number of nitrogens with zero attached hydrogens (tertiary/aromatic N) is 4. The van der Waals surface area contributed by atoms with Gasteiger partial charge in [-0.25, -0.2) is 18.4 Å². The molecule has 0 bridgehead atoms. The first-order valence-electron chi connectivity index (χ1n) is 10.6. The molecule has 4 rings (SSSR count). The van der Waals surface area contributed by atoms with Crippen LogP contribution in [-0.2, 0) is 16.4 Å². The van der Waals surface area contributed by atoms with E-state index in [1.165, 1.54) is 31.5 Å². The number of hydrogen-bond acceptors (Lipinski definition) is 7. The largest absolute Gasteiger partial charge is 0.455 e. The van der Waals surface area contributed by atoms with E-state index >= 15 is 0 Å². The number of fused-ring (bicyclic) bond motifs is 1. The minimum absolute atomic E-state index is 0.0293. The number of sulfone groups is 1. The van der Waals surface area contributed by atoms with E-state index in [-0.39, 0.29) is 49.0 Å². The van der Waals surface area contributed by atoms with Gasteiger partial charge in [0.05, 0.1) is 34.5 Å². The Morgan fingerprint density at radius 3 is 2.41 bits per heavy atom. The number of ether oxygens (including phenoxy) is 1. The van der Waals surface area contributed by atoms with E-state index < -0.39 is 34.0 Å². The average Bonchev–Trinajstić information content (AvgIpc) is 2.85. The van der Waals surface area contributed by atoms with Gasteiger partial charge in [-0.15, -0.1) is 0 Å². The van der Waals surface area contributed by atoms with Crippen molar-refractivity contribution in [2.45, 2.75) is 30.5 Å². The van der Waals surface area contributed by atoms with Gasteiger partial charge in [0.25, 0.3) is 5.56 Å². The van der Waals surface area contributed by atoms with Crippen molar-refractivity contribution in [3.8, 4) is 23.0 Å². The molecular weight excluding hydrogens is 523 g/mol. The fourth-order valence-electron chi connectivity index (χ4n) is 3.33. The first-order chi connectivity index (χ1) is 17.3. The van der Waals surface area contributed by atoms with Gasteiger partial charge >= 0.3 is 12.1 Å². The Morgan fingerprint density at radius 1 is 1.00 bits per heavy atom. The summed E-state index contributed by atoms with van der Waals surface area (Å²) in [4.78, 5) is 24.6. The Morgan fingerprint density at radius 2 is 1.76 bits per heavy atom. The van der Waals surface area contributed by atoms with E-state index in [0.29, 0.717) is 0 Å². The van der Waals surface area contributed by atoms with Crippen LogP contribution in [0.2, 0.25) is 0 Å². The maximum atomic E-state index is 13.5. The molecule has 0 N–H and O–H groups in total. The van der Waals surface area contributed by atoms with Crippen LogP contribution in [0.25, 0.3) is 22.2 Å². The van der Waals surface area contributed by atoms with Crippen molar-refractivity contribution in [2.75, 3.05) is 5.75 Å². The molecule has 4 aromatic heterocycles. The molecule has 0 fully saturated rings. The molecule has 0 saturated carbocycles. The lowest BCUT2D eigenvalue weighted by Crippen LogP contribution is -2.42. The third kappa shape index (κ3) is 5.28. The molecule has 0 saturated heterocycles. The summed E-state index contributed by atoms with van der Waals surface area (Å²) in [5, 5.41) is -0.101. The first-order valence-corrected chi connectivity index (χ1v) is 12.2. The number of aromatic nitrogens is 4. The zero-order valence-electron chi connectivity index (χ0n) is 18.9. The molecule has 37 heavy (non-hydrogen) atoms. The molecule has 4 heterocycles. The topological polar surface area (TPSA) is 104 Å². The van der Waals surface area contributed by atoms with Gasteiger partial charge in [0.15, 0.2) is 9.84 Å². The summed E-state index contributed by atoms with van der Waals surface area (Å²) in [6, 6.07) is 8.59. The number of hydrogen-bond donors (Lipinski definition) is 0. The van der Waals surface area contributed by atoms with Gasteiger partial charge in [-0.3, -0.25) is 9.78 Å². The highest BCUT2D eigenvalue weighted by Gasteiger charge is 2.57. The van der Waals surface area contributed by atoms with Gasteiger partial charge in [-0.2, -0.15) is 22.0 Å². The van der Waals surface area contributed by atoms with Crippen molar-refractivity contribution in [3.05, 3.63) is 71.5 Å². The Labute approximate surface area is 206 Å². The molecule has 0 unspecified atom stereocenters. The van der Waals surface area contributed by atoms with E-state index in [4.69, 9.17) is 4.74 Å². The third-order valence-electron chi connectivity index (χ3n) is 5.29. The standard InChI is InChI=1S/C23H17F5N4O4S/c1-2-37(34,35)18-10-15(36-19-5-3-4-7-29-19)11-31-20(18)17-9-14-6-8-32(21(33)16(14)12-30-17)13-22(24,25)23(26,27)28/h3-12H,2,13H2,1H3. The zero-order valence-corrected chi connectivity index (χ0v) is 19.7. The average molecular weight is 540 g/mol. The van der Waals surface area contributed by atoms with Gasteiger partial charge in [-0.05, 0) is 23.6 Å². The van der Waals surface area contributed by atoms with Crippen LogP contribution in [0.4, 0.5) is 22.0 Å². The molecule has 14 heteroatoms.